The second kappa shape index (κ2) is 3.44. The lowest BCUT2D eigenvalue weighted by Crippen LogP contribution is -2.48. The minimum Gasteiger partial charge on any atom is -0.212 e. The van der Waals surface area contributed by atoms with Crippen LogP contribution in [0.3, 0.4) is 0 Å². The van der Waals surface area contributed by atoms with E-state index in [1.54, 1.807) is 0 Å². The van der Waals surface area contributed by atoms with Crippen molar-refractivity contribution in [2.45, 2.75) is 60.7 Å². The summed E-state index contributed by atoms with van der Waals surface area (Å²) < 4.78 is 26.3. The zero-order valence-corrected chi connectivity index (χ0v) is 11.0. The predicted octanol–water partition coefficient (Wildman–Crippen LogP) is 1.87. The number of hydrogen-bond acceptors (Lipinski definition) is 2. The third kappa shape index (κ3) is 1.67. The van der Waals surface area contributed by atoms with Crippen LogP contribution in [-0.2, 0) is 10.0 Å². The Kier molecular flexibility index (Phi) is 2.42. The van der Waals surface area contributed by atoms with E-state index in [4.69, 9.17) is 0 Å². The van der Waals surface area contributed by atoms with Crippen LogP contribution in [0.15, 0.2) is 0 Å². The van der Waals surface area contributed by atoms with Crippen molar-refractivity contribution in [3.63, 3.8) is 0 Å². The molecule has 2 atom stereocenters. The molecule has 15 heavy (non-hydrogen) atoms. The number of sulfonamides is 1. The highest BCUT2D eigenvalue weighted by Crippen LogP contribution is 2.44. The second-order valence-corrected chi connectivity index (χ2v) is 8.44. The summed E-state index contributed by atoms with van der Waals surface area (Å²) >= 11 is 3.63. The van der Waals surface area contributed by atoms with Crippen LogP contribution < -0.4 is 0 Å². The van der Waals surface area contributed by atoms with Gasteiger partial charge in [0.15, 0.2) is 0 Å². The fourth-order valence-electron chi connectivity index (χ4n) is 3.02. The summed E-state index contributed by atoms with van der Waals surface area (Å²) in [4.78, 5) is 0.528. The second-order valence-electron chi connectivity index (χ2n) is 5.03. The molecule has 3 nitrogen and oxygen atoms in total. The van der Waals surface area contributed by atoms with Gasteiger partial charge in [-0.3, -0.25) is 0 Å². The zero-order valence-electron chi connectivity index (χ0n) is 8.60. The normalized spacial score (nSPS) is 42.1. The molecule has 2 bridgehead atoms. The Bertz CT molecular complexity index is 352. The quantitative estimate of drug-likeness (QED) is 0.729. The highest BCUT2D eigenvalue weighted by molar-refractivity contribution is 9.09. The minimum absolute atomic E-state index is 0.0347. The lowest BCUT2D eigenvalue weighted by atomic mass is 10.1. The monoisotopic (exact) mass is 293 g/mol. The summed E-state index contributed by atoms with van der Waals surface area (Å²) in [5.41, 5.74) is 0. The largest absolute Gasteiger partial charge is 0.217 e. The van der Waals surface area contributed by atoms with Crippen LogP contribution in [0.5, 0.6) is 0 Å². The Morgan fingerprint density at radius 1 is 1.00 bits per heavy atom. The number of piperidine rings is 1. The summed E-state index contributed by atoms with van der Waals surface area (Å²) in [6.45, 7) is 0. The topological polar surface area (TPSA) is 37.4 Å². The molecule has 2 saturated heterocycles. The Balaban J connectivity index is 1.88. The van der Waals surface area contributed by atoms with Gasteiger partial charge in [-0.05, 0) is 38.5 Å². The maximum atomic E-state index is 12.2. The van der Waals surface area contributed by atoms with Crippen LogP contribution in [0.1, 0.15) is 38.5 Å². The molecule has 0 radical (unpaired) electrons. The van der Waals surface area contributed by atoms with Crippen LogP contribution >= 0.6 is 15.9 Å². The predicted molar refractivity (Wildman–Crippen MR) is 62.5 cm³/mol. The molecule has 0 spiro atoms. The van der Waals surface area contributed by atoms with E-state index < -0.39 is 10.0 Å². The van der Waals surface area contributed by atoms with E-state index in [1.165, 1.54) is 0 Å². The first kappa shape index (κ1) is 10.5. The van der Waals surface area contributed by atoms with Gasteiger partial charge in [0.1, 0.15) is 0 Å². The molecule has 2 heterocycles. The van der Waals surface area contributed by atoms with Crippen LogP contribution in [0.4, 0.5) is 0 Å². The lowest BCUT2D eigenvalue weighted by molar-refractivity contribution is 0.254. The van der Waals surface area contributed by atoms with Crippen molar-refractivity contribution in [2.75, 3.05) is 0 Å². The number of rotatable bonds is 2. The summed E-state index contributed by atoms with van der Waals surface area (Å²) in [5, 5.41) is -0.0347. The first-order valence-corrected chi connectivity index (χ1v) is 8.17. The molecule has 2 unspecified atom stereocenters. The number of halogens is 1. The number of fused-ring (bicyclic) bond motifs is 2. The molecule has 5 heteroatoms. The number of nitrogens with zero attached hydrogens (tertiary/aromatic N) is 1. The SMILES string of the molecule is O=S(=O)(C1CC1)N1C2CCC1CC(Br)C2. The maximum Gasteiger partial charge on any atom is 0.217 e. The molecule has 3 aliphatic rings. The summed E-state index contributed by atoms with van der Waals surface area (Å²) in [6, 6.07) is 0.581. The van der Waals surface area contributed by atoms with E-state index >= 15 is 0 Å². The molecule has 0 aromatic carbocycles. The Morgan fingerprint density at radius 3 is 2.00 bits per heavy atom. The first-order valence-electron chi connectivity index (χ1n) is 5.75. The van der Waals surface area contributed by atoms with Gasteiger partial charge in [-0.1, -0.05) is 15.9 Å². The fourth-order valence-corrected chi connectivity index (χ4v) is 6.17. The first-order chi connectivity index (χ1) is 7.09. The molecule has 1 saturated carbocycles. The van der Waals surface area contributed by atoms with Crippen molar-refractivity contribution in [1.29, 1.82) is 0 Å². The van der Waals surface area contributed by atoms with Crippen LogP contribution in [0, 0.1) is 0 Å². The van der Waals surface area contributed by atoms with E-state index in [0.29, 0.717) is 16.9 Å². The molecule has 2 aliphatic heterocycles. The van der Waals surface area contributed by atoms with Crippen LogP contribution in [0.25, 0.3) is 0 Å². The maximum absolute atomic E-state index is 12.2. The third-order valence-electron chi connectivity index (χ3n) is 3.85. The van der Waals surface area contributed by atoms with Gasteiger partial charge >= 0.3 is 0 Å². The smallest absolute Gasteiger partial charge is 0.212 e. The van der Waals surface area contributed by atoms with Gasteiger partial charge in [-0.2, -0.15) is 4.31 Å². The van der Waals surface area contributed by atoms with Crippen LogP contribution in [-0.4, -0.2) is 34.9 Å². The number of alkyl halides is 1. The lowest BCUT2D eigenvalue weighted by Gasteiger charge is -2.36. The van der Waals surface area contributed by atoms with E-state index in [-0.39, 0.29) is 5.25 Å². The van der Waals surface area contributed by atoms with E-state index in [1.807, 2.05) is 4.31 Å². The Hall–Kier alpha value is 0.390. The average Bonchev–Trinajstić information content (AvgIpc) is 2.93. The molecule has 86 valence electrons. The molecule has 0 aromatic heterocycles. The van der Waals surface area contributed by atoms with Gasteiger partial charge in [0, 0.05) is 16.9 Å². The highest BCUT2D eigenvalue weighted by atomic mass is 79.9. The fraction of sp³-hybridized carbons (Fsp3) is 1.00. The van der Waals surface area contributed by atoms with Gasteiger partial charge in [0.2, 0.25) is 10.0 Å². The minimum atomic E-state index is -2.94. The summed E-state index contributed by atoms with van der Waals surface area (Å²) in [5.74, 6) is 0. The van der Waals surface area contributed by atoms with Gasteiger partial charge < -0.3 is 0 Å². The standard InChI is InChI=1S/C10H16BrNO2S/c11-7-5-8-1-2-9(6-7)12(8)15(13,14)10-3-4-10/h7-10H,1-6H2. The van der Waals surface area contributed by atoms with Crippen LogP contribution in [0.2, 0.25) is 0 Å². The summed E-state index contributed by atoms with van der Waals surface area (Å²) in [6.07, 6.45) is 5.91. The van der Waals surface area contributed by atoms with Crippen molar-refractivity contribution < 1.29 is 8.42 Å². The molecule has 1 aliphatic carbocycles. The van der Waals surface area contributed by atoms with Gasteiger partial charge in [-0.25, -0.2) is 8.42 Å². The summed E-state index contributed by atoms with van der Waals surface area (Å²) in [7, 11) is -2.94. The van der Waals surface area contributed by atoms with Gasteiger partial charge in [0.05, 0.1) is 5.25 Å². The van der Waals surface area contributed by atoms with Crippen molar-refractivity contribution in [2.24, 2.45) is 0 Å². The van der Waals surface area contributed by atoms with Gasteiger partial charge in [-0.15, -0.1) is 0 Å². The molecule has 3 rings (SSSR count). The Labute approximate surface area is 99.4 Å². The molecule has 3 fully saturated rings. The van der Waals surface area contributed by atoms with Gasteiger partial charge in [0.25, 0.3) is 0 Å². The number of hydrogen-bond donors (Lipinski definition) is 0. The van der Waals surface area contributed by atoms with Crippen molar-refractivity contribution in [3.05, 3.63) is 0 Å². The molecular formula is C10H16BrNO2S. The van der Waals surface area contributed by atoms with Crippen molar-refractivity contribution in [1.82, 2.24) is 4.31 Å². The zero-order chi connectivity index (χ0) is 10.6. The highest BCUT2D eigenvalue weighted by Gasteiger charge is 2.50. The van der Waals surface area contributed by atoms with Crippen molar-refractivity contribution in [3.8, 4) is 0 Å². The molecular weight excluding hydrogens is 278 g/mol. The molecule has 0 aromatic rings. The third-order valence-corrected chi connectivity index (χ3v) is 7.09. The van der Waals surface area contributed by atoms with E-state index in [2.05, 4.69) is 15.9 Å². The molecule has 0 N–H and O–H groups in total. The van der Waals surface area contributed by atoms with Crippen molar-refractivity contribution >= 4 is 26.0 Å². The average molecular weight is 294 g/mol. The van der Waals surface area contributed by atoms with E-state index in [9.17, 15) is 8.42 Å². The molecule has 0 amide bonds. The van der Waals surface area contributed by atoms with E-state index in [0.717, 1.165) is 38.5 Å². The Morgan fingerprint density at radius 2 is 1.53 bits per heavy atom.